The molecule has 1 amide bonds. The summed E-state index contributed by atoms with van der Waals surface area (Å²) in [5.41, 5.74) is 2.08. The molecule has 1 atom stereocenters. The topological polar surface area (TPSA) is 50.4 Å². The normalized spacial score (nSPS) is 19.5. The molecule has 0 spiro atoms. The maximum atomic E-state index is 12.0. The van der Waals surface area contributed by atoms with Crippen molar-refractivity contribution in [1.82, 2.24) is 5.32 Å². The highest BCUT2D eigenvalue weighted by atomic mass is 16.5. The average molecular weight is 248 g/mol. The lowest BCUT2D eigenvalue weighted by molar-refractivity contribution is -0.128. The minimum atomic E-state index is -0.381. The molecule has 0 aromatic heterocycles. The summed E-state index contributed by atoms with van der Waals surface area (Å²) in [7, 11) is 0. The number of hydrogen-bond acceptors (Lipinski definition) is 3. The van der Waals surface area contributed by atoms with Gasteiger partial charge in [-0.15, -0.1) is 0 Å². The van der Waals surface area contributed by atoms with Crippen LogP contribution in [0.1, 0.15) is 18.9 Å². The Morgan fingerprint density at radius 1 is 1.50 bits per heavy atom. The summed E-state index contributed by atoms with van der Waals surface area (Å²) in [6.45, 7) is 4.12. The summed E-state index contributed by atoms with van der Waals surface area (Å²) in [4.78, 5) is 12.0. The Bertz CT molecular complexity index is 401. The third-order valence-electron chi connectivity index (χ3n) is 3.01. The first-order valence-corrected chi connectivity index (χ1v) is 6.52. The van der Waals surface area contributed by atoms with Crippen molar-refractivity contribution in [3.8, 4) is 0 Å². The first kappa shape index (κ1) is 13.1. The minimum absolute atomic E-state index is 0.0641. The zero-order valence-corrected chi connectivity index (χ0v) is 10.7. The predicted molar refractivity (Wildman–Crippen MR) is 71.7 cm³/mol. The van der Waals surface area contributed by atoms with Crippen molar-refractivity contribution in [2.45, 2.75) is 25.9 Å². The highest BCUT2D eigenvalue weighted by Crippen LogP contribution is 2.17. The average Bonchev–Trinajstić information content (AvgIpc) is 2.42. The highest BCUT2D eigenvalue weighted by Gasteiger charge is 2.22. The summed E-state index contributed by atoms with van der Waals surface area (Å²) >= 11 is 0. The van der Waals surface area contributed by atoms with Gasteiger partial charge in [-0.2, -0.15) is 0 Å². The fraction of sp³-hybridized carbons (Fsp3) is 0.500. The standard InChI is InChI=1S/C14H20N2O2/c1-2-5-11-6-3-4-7-12(11)16-14(17)13-10-15-8-9-18-13/h3-4,6-7,13,15H,2,5,8-10H2,1H3,(H,16,17). The number of para-hydroxylation sites is 1. The molecular weight excluding hydrogens is 228 g/mol. The molecule has 1 aromatic carbocycles. The zero-order chi connectivity index (χ0) is 12.8. The Morgan fingerprint density at radius 2 is 2.33 bits per heavy atom. The number of anilines is 1. The molecule has 1 saturated heterocycles. The first-order valence-electron chi connectivity index (χ1n) is 6.52. The lowest BCUT2D eigenvalue weighted by atomic mass is 10.1. The molecule has 98 valence electrons. The number of rotatable bonds is 4. The van der Waals surface area contributed by atoms with Gasteiger partial charge in [-0.25, -0.2) is 0 Å². The fourth-order valence-electron chi connectivity index (χ4n) is 2.08. The molecule has 0 radical (unpaired) electrons. The summed E-state index contributed by atoms with van der Waals surface area (Å²) in [6, 6.07) is 7.94. The number of morpholine rings is 1. The zero-order valence-electron chi connectivity index (χ0n) is 10.7. The maximum absolute atomic E-state index is 12.0. The molecule has 1 fully saturated rings. The Kier molecular flexibility index (Phi) is 4.73. The molecule has 2 N–H and O–H groups in total. The van der Waals surface area contributed by atoms with Crippen LogP contribution in [0.2, 0.25) is 0 Å². The summed E-state index contributed by atoms with van der Waals surface area (Å²) in [6.07, 6.45) is 1.66. The van der Waals surface area contributed by atoms with Gasteiger partial charge in [-0.1, -0.05) is 31.5 Å². The van der Waals surface area contributed by atoms with Crippen molar-refractivity contribution in [2.24, 2.45) is 0 Å². The predicted octanol–water partition coefficient (Wildman–Crippen LogP) is 1.57. The second kappa shape index (κ2) is 6.52. The van der Waals surface area contributed by atoms with E-state index in [1.54, 1.807) is 0 Å². The van der Waals surface area contributed by atoms with Gasteiger partial charge in [0.05, 0.1) is 6.61 Å². The van der Waals surface area contributed by atoms with Crippen LogP contribution in [0.5, 0.6) is 0 Å². The quantitative estimate of drug-likeness (QED) is 0.850. The number of hydrogen-bond donors (Lipinski definition) is 2. The fourth-order valence-corrected chi connectivity index (χ4v) is 2.08. The van der Waals surface area contributed by atoms with Gasteiger partial charge in [0.2, 0.25) is 0 Å². The van der Waals surface area contributed by atoms with Crippen LogP contribution in [0.25, 0.3) is 0 Å². The molecule has 1 aliphatic heterocycles. The van der Waals surface area contributed by atoms with Crippen LogP contribution >= 0.6 is 0 Å². The van der Waals surface area contributed by atoms with Crippen molar-refractivity contribution < 1.29 is 9.53 Å². The smallest absolute Gasteiger partial charge is 0.254 e. The van der Waals surface area contributed by atoms with Crippen LogP contribution in [-0.2, 0) is 16.0 Å². The number of ether oxygens (including phenoxy) is 1. The van der Waals surface area contributed by atoms with E-state index in [2.05, 4.69) is 23.6 Å². The van der Waals surface area contributed by atoms with E-state index in [1.807, 2.05) is 18.2 Å². The molecule has 0 bridgehead atoms. The van der Waals surface area contributed by atoms with Crippen LogP contribution in [0.3, 0.4) is 0 Å². The Hall–Kier alpha value is -1.39. The molecule has 0 saturated carbocycles. The molecule has 2 rings (SSSR count). The van der Waals surface area contributed by atoms with E-state index in [0.29, 0.717) is 13.2 Å². The summed E-state index contributed by atoms with van der Waals surface area (Å²) < 4.78 is 5.44. The first-order chi connectivity index (χ1) is 8.81. The molecule has 1 unspecified atom stereocenters. The molecule has 4 heteroatoms. The van der Waals surface area contributed by atoms with E-state index in [9.17, 15) is 4.79 Å². The van der Waals surface area contributed by atoms with Gasteiger partial charge in [0.25, 0.3) is 5.91 Å². The number of benzene rings is 1. The van der Waals surface area contributed by atoms with E-state index in [0.717, 1.165) is 25.1 Å². The number of carbonyl (C=O) groups excluding carboxylic acids is 1. The third kappa shape index (κ3) is 3.31. The lowest BCUT2D eigenvalue weighted by Crippen LogP contribution is -2.45. The molecule has 4 nitrogen and oxygen atoms in total. The number of aryl methyl sites for hydroxylation is 1. The molecule has 18 heavy (non-hydrogen) atoms. The molecule has 1 heterocycles. The minimum Gasteiger partial charge on any atom is -0.366 e. The Balaban J connectivity index is 2.01. The van der Waals surface area contributed by atoms with Gasteiger partial charge in [-0.3, -0.25) is 4.79 Å². The molecule has 1 aliphatic rings. The number of amides is 1. The number of carbonyl (C=O) groups is 1. The Labute approximate surface area is 108 Å². The van der Waals surface area contributed by atoms with Crippen molar-refractivity contribution in [3.05, 3.63) is 29.8 Å². The summed E-state index contributed by atoms with van der Waals surface area (Å²) in [5, 5.41) is 6.12. The van der Waals surface area contributed by atoms with Gasteiger partial charge in [-0.05, 0) is 18.1 Å². The monoisotopic (exact) mass is 248 g/mol. The van der Waals surface area contributed by atoms with Crippen molar-refractivity contribution >= 4 is 11.6 Å². The van der Waals surface area contributed by atoms with E-state index in [1.165, 1.54) is 5.56 Å². The van der Waals surface area contributed by atoms with E-state index >= 15 is 0 Å². The summed E-state index contributed by atoms with van der Waals surface area (Å²) in [5.74, 6) is -0.0641. The number of nitrogens with one attached hydrogen (secondary N) is 2. The second-order valence-electron chi connectivity index (χ2n) is 4.46. The van der Waals surface area contributed by atoms with Crippen LogP contribution < -0.4 is 10.6 Å². The van der Waals surface area contributed by atoms with E-state index in [4.69, 9.17) is 4.74 Å². The van der Waals surface area contributed by atoms with Crippen LogP contribution in [0.4, 0.5) is 5.69 Å². The molecular formula is C14H20N2O2. The molecule has 1 aromatic rings. The maximum Gasteiger partial charge on any atom is 0.254 e. The van der Waals surface area contributed by atoms with Crippen LogP contribution in [-0.4, -0.2) is 31.7 Å². The van der Waals surface area contributed by atoms with E-state index < -0.39 is 0 Å². The van der Waals surface area contributed by atoms with Gasteiger partial charge in [0, 0.05) is 18.8 Å². The SMILES string of the molecule is CCCc1ccccc1NC(=O)C1CNCCO1. The van der Waals surface area contributed by atoms with Gasteiger partial charge in [0.15, 0.2) is 0 Å². The third-order valence-corrected chi connectivity index (χ3v) is 3.01. The molecule has 0 aliphatic carbocycles. The van der Waals surface area contributed by atoms with E-state index in [-0.39, 0.29) is 12.0 Å². The van der Waals surface area contributed by atoms with Crippen molar-refractivity contribution in [2.75, 3.05) is 25.0 Å². The van der Waals surface area contributed by atoms with Crippen molar-refractivity contribution in [1.29, 1.82) is 0 Å². The van der Waals surface area contributed by atoms with Gasteiger partial charge in [0.1, 0.15) is 6.10 Å². The lowest BCUT2D eigenvalue weighted by Gasteiger charge is -2.23. The largest absolute Gasteiger partial charge is 0.366 e. The second-order valence-corrected chi connectivity index (χ2v) is 4.46. The van der Waals surface area contributed by atoms with Crippen molar-refractivity contribution in [3.63, 3.8) is 0 Å². The highest BCUT2D eigenvalue weighted by molar-refractivity contribution is 5.95. The Morgan fingerprint density at radius 3 is 3.06 bits per heavy atom. The van der Waals surface area contributed by atoms with Gasteiger partial charge < -0.3 is 15.4 Å². The van der Waals surface area contributed by atoms with Crippen LogP contribution in [0, 0.1) is 0 Å². The van der Waals surface area contributed by atoms with Crippen LogP contribution in [0.15, 0.2) is 24.3 Å². The van der Waals surface area contributed by atoms with Gasteiger partial charge >= 0.3 is 0 Å².